The van der Waals surface area contributed by atoms with Crippen molar-refractivity contribution < 1.29 is 0 Å². The number of anilines is 2. The molecule has 5 nitrogen and oxygen atoms in total. The lowest BCUT2D eigenvalue weighted by Crippen LogP contribution is -2.13. The summed E-state index contributed by atoms with van der Waals surface area (Å²) in [6.07, 6.45) is 5.38. The summed E-state index contributed by atoms with van der Waals surface area (Å²) >= 11 is 0. The van der Waals surface area contributed by atoms with Crippen molar-refractivity contribution in [2.24, 2.45) is 0 Å². The highest BCUT2D eigenvalue weighted by atomic mass is 15.4. The molecular weight excluding hydrogens is 322 g/mol. The van der Waals surface area contributed by atoms with Gasteiger partial charge in [-0.15, -0.1) is 0 Å². The fraction of sp³-hybridized carbons (Fsp3) is 0.190. The predicted octanol–water partition coefficient (Wildman–Crippen LogP) is 4.83. The van der Waals surface area contributed by atoms with Gasteiger partial charge in [0.05, 0.1) is 11.7 Å². The molecule has 3 heterocycles. The van der Waals surface area contributed by atoms with E-state index in [-0.39, 0.29) is 5.41 Å². The van der Waals surface area contributed by atoms with Crippen LogP contribution in [0.2, 0.25) is 0 Å². The van der Waals surface area contributed by atoms with E-state index in [1.165, 1.54) is 5.56 Å². The lowest BCUT2D eigenvalue weighted by atomic mass is 9.86. The summed E-state index contributed by atoms with van der Waals surface area (Å²) in [7, 11) is 0. The fourth-order valence-corrected chi connectivity index (χ4v) is 3.11. The first-order valence-corrected chi connectivity index (χ1v) is 8.64. The molecule has 4 aromatic rings. The maximum Gasteiger partial charge on any atom is 0.130 e. The topological polar surface area (TPSA) is 55.1 Å². The Balaban J connectivity index is 1.72. The number of hydrogen-bond donors (Lipinski definition) is 1. The van der Waals surface area contributed by atoms with Gasteiger partial charge in [0.15, 0.2) is 0 Å². The molecule has 0 aliphatic carbocycles. The third-order valence-corrected chi connectivity index (χ3v) is 4.37. The maximum atomic E-state index is 4.49. The van der Waals surface area contributed by atoms with Crippen LogP contribution < -0.4 is 5.32 Å². The standard InChI is InChI=1S/C21H21N5/c1-21(2,3)17-7-4-5-8-18(17)25-20-13-15(10-12-22-20)16-14-24-26-19(16)9-6-11-23-26/h4-14H,1-3H3,(H,22,25). The van der Waals surface area contributed by atoms with Gasteiger partial charge in [-0.2, -0.15) is 14.8 Å². The van der Waals surface area contributed by atoms with Gasteiger partial charge in [-0.05, 0) is 46.9 Å². The average molecular weight is 343 g/mol. The Bertz CT molecular complexity index is 1060. The molecule has 0 bridgehead atoms. The first-order valence-electron chi connectivity index (χ1n) is 8.64. The van der Waals surface area contributed by atoms with Crippen LogP contribution in [0.5, 0.6) is 0 Å². The zero-order valence-electron chi connectivity index (χ0n) is 15.1. The van der Waals surface area contributed by atoms with Crippen LogP contribution in [0.1, 0.15) is 26.3 Å². The van der Waals surface area contributed by atoms with E-state index in [2.05, 4.69) is 59.5 Å². The van der Waals surface area contributed by atoms with Gasteiger partial charge in [0.2, 0.25) is 0 Å². The van der Waals surface area contributed by atoms with Gasteiger partial charge in [0.25, 0.3) is 0 Å². The molecule has 0 atom stereocenters. The van der Waals surface area contributed by atoms with E-state index in [1.807, 2.05) is 42.7 Å². The Labute approximate surface area is 152 Å². The van der Waals surface area contributed by atoms with Crippen molar-refractivity contribution in [3.63, 3.8) is 0 Å². The molecule has 0 saturated carbocycles. The number of hydrogen-bond acceptors (Lipinski definition) is 4. The van der Waals surface area contributed by atoms with Gasteiger partial charge in [-0.25, -0.2) is 4.98 Å². The van der Waals surface area contributed by atoms with Crippen LogP contribution in [-0.4, -0.2) is 19.8 Å². The zero-order valence-corrected chi connectivity index (χ0v) is 15.1. The van der Waals surface area contributed by atoms with E-state index in [0.29, 0.717) is 0 Å². The molecule has 0 unspecified atom stereocenters. The molecule has 0 radical (unpaired) electrons. The van der Waals surface area contributed by atoms with Crippen LogP contribution >= 0.6 is 0 Å². The van der Waals surface area contributed by atoms with Crippen LogP contribution in [0.4, 0.5) is 11.5 Å². The highest BCUT2D eigenvalue weighted by Gasteiger charge is 2.17. The highest BCUT2D eigenvalue weighted by Crippen LogP contribution is 2.32. The first-order chi connectivity index (χ1) is 12.5. The third kappa shape index (κ3) is 3.04. The number of para-hydroxylation sites is 1. The molecule has 0 saturated heterocycles. The second-order valence-corrected chi connectivity index (χ2v) is 7.31. The van der Waals surface area contributed by atoms with Gasteiger partial charge in [-0.3, -0.25) is 0 Å². The quantitative estimate of drug-likeness (QED) is 0.579. The van der Waals surface area contributed by atoms with E-state index >= 15 is 0 Å². The average Bonchev–Trinajstić information content (AvgIpc) is 3.06. The molecule has 0 fully saturated rings. The lowest BCUT2D eigenvalue weighted by molar-refractivity contribution is 0.592. The van der Waals surface area contributed by atoms with E-state index in [1.54, 1.807) is 10.8 Å². The Morgan fingerprint density at radius 3 is 2.62 bits per heavy atom. The lowest BCUT2D eigenvalue weighted by Gasteiger charge is -2.23. The SMILES string of the molecule is CC(C)(C)c1ccccc1Nc1cc(-c2cnn3ncccc23)ccn1. The minimum atomic E-state index is 0.0509. The summed E-state index contributed by atoms with van der Waals surface area (Å²) in [4.78, 5) is 4.49. The normalized spacial score (nSPS) is 11.7. The largest absolute Gasteiger partial charge is 0.340 e. The molecule has 0 spiro atoms. The van der Waals surface area contributed by atoms with Crippen molar-refractivity contribution in [3.8, 4) is 11.1 Å². The van der Waals surface area contributed by atoms with Crippen molar-refractivity contribution in [3.05, 3.63) is 72.7 Å². The minimum absolute atomic E-state index is 0.0509. The molecule has 4 rings (SSSR count). The molecular formula is C21H21N5. The summed E-state index contributed by atoms with van der Waals surface area (Å²) in [6, 6.07) is 16.3. The number of fused-ring (bicyclic) bond motifs is 1. The summed E-state index contributed by atoms with van der Waals surface area (Å²) in [6.45, 7) is 6.64. The van der Waals surface area contributed by atoms with Gasteiger partial charge in [-0.1, -0.05) is 39.0 Å². The monoisotopic (exact) mass is 343 g/mol. The summed E-state index contributed by atoms with van der Waals surface area (Å²) in [5, 5.41) is 12.0. The number of pyridine rings is 1. The first kappa shape index (κ1) is 16.3. The molecule has 130 valence electrons. The second-order valence-electron chi connectivity index (χ2n) is 7.31. The second kappa shape index (κ2) is 6.26. The van der Waals surface area contributed by atoms with Crippen LogP contribution in [-0.2, 0) is 5.41 Å². The Kier molecular flexibility index (Phi) is 3.92. The molecule has 1 aromatic carbocycles. The molecule has 3 aromatic heterocycles. The van der Waals surface area contributed by atoms with Crippen molar-refractivity contribution in [2.45, 2.75) is 26.2 Å². The summed E-state index contributed by atoms with van der Waals surface area (Å²) in [5.41, 5.74) is 5.44. The molecule has 0 aliphatic rings. The number of aromatic nitrogens is 4. The molecule has 5 heteroatoms. The molecule has 0 amide bonds. The van der Waals surface area contributed by atoms with E-state index < -0.39 is 0 Å². The van der Waals surface area contributed by atoms with Crippen LogP contribution in [0.25, 0.3) is 16.6 Å². The van der Waals surface area contributed by atoms with Crippen molar-refractivity contribution in [1.29, 1.82) is 0 Å². The Morgan fingerprint density at radius 2 is 1.77 bits per heavy atom. The van der Waals surface area contributed by atoms with Crippen LogP contribution in [0.15, 0.2) is 67.1 Å². The van der Waals surface area contributed by atoms with E-state index in [0.717, 1.165) is 28.1 Å². The van der Waals surface area contributed by atoms with Gasteiger partial charge >= 0.3 is 0 Å². The summed E-state index contributed by atoms with van der Waals surface area (Å²) < 4.78 is 1.64. The predicted molar refractivity (Wildman–Crippen MR) is 105 cm³/mol. The van der Waals surface area contributed by atoms with Crippen molar-refractivity contribution >= 4 is 17.0 Å². The third-order valence-electron chi connectivity index (χ3n) is 4.37. The smallest absolute Gasteiger partial charge is 0.130 e. The number of nitrogens with one attached hydrogen (secondary N) is 1. The van der Waals surface area contributed by atoms with Gasteiger partial charge in [0, 0.05) is 23.6 Å². The highest BCUT2D eigenvalue weighted by molar-refractivity contribution is 5.81. The number of rotatable bonds is 3. The van der Waals surface area contributed by atoms with E-state index in [9.17, 15) is 0 Å². The van der Waals surface area contributed by atoms with Crippen LogP contribution in [0, 0.1) is 0 Å². The zero-order chi connectivity index (χ0) is 18.1. The Morgan fingerprint density at radius 1 is 0.923 bits per heavy atom. The fourth-order valence-electron chi connectivity index (χ4n) is 3.11. The Hall–Kier alpha value is -3.21. The number of benzene rings is 1. The van der Waals surface area contributed by atoms with Crippen molar-refractivity contribution in [2.75, 3.05) is 5.32 Å². The van der Waals surface area contributed by atoms with Crippen LogP contribution in [0.3, 0.4) is 0 Å². The minimum Gasteiger partial charge on any atom is -0.340 e. The van der Waals surface area contributed by atoms with Gasteiger partial charge < -0.3 is 5.32 Å². The van der Waals surface area contributed by atoms with E-state index in [4.69, 9.17) is 0 Å². The molecule has 0 aliphatic heterocycles. The van der Waals surface area contributed by atoms with Crippen molar-refractivity contribution in [1.82, 2.24) is 19.8 Å². The molecule has 26 heavy (non-hydrogen) atoms. The van der Waals surface area contributed by atoms with Gasteiger partial charge in [0.1, 0.15) is 5.82 Å². The summed E-state index contributed by atoms with van der Waals surface area (Å²) in [5.74, 6) is 0.808. The maximum absolute atomic E-state index is 4.49. The number of nitrogens with zero attached hydrogens (tertiary/aromatic N) is 4. The molecule has 1 N–H and O–H groups in total.